The first-order valence-corrected chi connectivity index (χ1v) is 5.60. The Hall–Kier alpha value is -1.86. The predicted molar refractivity (Wildman–Crippen MR) is 60.3 cm³/mol. The number of methoxy groups -OCH3 is 1. The first-order chi connectivity index (χ1) is 8.27. The molecular weight excluding hydrogens is 216 g/mol. The number of hydrogen-bond acceptors (Lipinski definition) is 3. The molecule has 1 aromatic carbocycles. The van der Waals surface area contributed by atoms with Gasteiger partial charge in [-0.2, -0.15) is 5.26 Å². The summed E-state index contributed by atoms with van der Waals surface area (Å²) in [5.74, 6) is -0.175. The number of benzene rings is 1. The maximum absolute atomic E-state index is 11.9. The van der Waals surface area contributed by atoms with Gasteiger partial charge in [0.05, 0.1) is 24.1 Å². The minimum absolute atomic E-state index is 0.0629. The second-order valence-corrected chi connectivity index (χ2v) is 4.47. The zero-order chi connectivity index (χ0) is 12.0. The Morgan fingerprint density at radius 1 is 1.41 bits per heavy atom. The maximum atomic E-state index is 11.9. The Bertz CT molecular complexity index is 520. The number of nitrogens with zero attached hydrogens (tertiary/aromatic N) is 1. The van der Waals surface area contributed by atoms with Gasteiger partial charge in [0.2, 0.25) is 0 Å². The second kappa shape index (κ2) is 3.57. The lowest BCUT2D eigenvalue weighted by atomic mass is 9.61. The van der Waals surface area contributed by atoms with Crippen molar-refractivity contribution in [2.45, 2.75) is 18.1 Å². The van der Waals surface area contributed by atoms with Gasteiger partial charge in [-0.3, -0.25) is 4.79 Å². The summed E-state index contributed by atoms with van der Waals surface area (Å²) in [6.45, 7) is 0. The van der Waals surface area contributed by atoms with Gasteiger partial charge in [-0.1, -0.05) is 18.2 Å². The van der Waals surface area contributed by atoms with E-state index in [1.165, 1.54) is 0 Å². The summed E-state index contributed by atoms with van der Waals surface area (Å²) in [5, 5.41) is 12.1. The van der Waals surface area contributed by atoms with Gasteiger partial charge >= 0.3 is 0 Å². The highest BCUT2D eigenvalue weighted by Crippen LogP contribution is 2.47. The highest BCUT2D eigenvalue weighted by molar-refractivity contribution is 5.97. The van der Waals surface area contributed by atoms with Crippen molar-refractivity contribution in [3.8, 4) is 6.07 Å². The van der Waals surface area contributed by atoms with E-state index in [4.69, 9.17) is 4.74 Å². The van der Waals surface area contributed by atoms with Crippen LogP contribution in [0.2, 0.25) is 0 Å². The summed E-state index contributed by atoms with van der Waals surface area (Å²) in [7, 11) is 1.58. The van der Waals surface area contributed by atoms with Crippen molar-refractivity contribution in [1.82, 2.24) is 5.32 Å². The molecular formula is C13H12N2O2. The van der Waals surface area contributed by atoms with Gasteiger partial charge in [0.15, 0.2) is 0 Å². The Balaban J connectivity index is 2.06. The van der Waals surface area contributed by atoms with Crippen LogP contribution in [0.3, 0.4) is 0 Å². The molecule has 4 heteroatoms. The van der Waals surface area contributed by atoms with E-state index in [1.54, 1.807) is 13.2 Å². The topological polar surface area (TPSA) is 62.1 Å². The number of amides is 1. The van der Waals surface area contributed by atoms with Crippen molar-refractivity contribution in [2.24, 2.45) is 5.92 Å². The quantitative estimate of drug-likeness (QED) is 0.781. The van der Waals surface area contributed by atoms with Crippen molar-refractivity contribution < 1.29 is 9.53 Å². The van der Waals surface area contributed by atoms with E-state index in [9.17, 15) is 10.1 Å². The molecule has 0 bridgehead atoms. The normalized spacial score (nSPS) is 33.8. The summed E-state index contributed by atoms with van der Waals surface area (Å²) in [6, 6.07) is 9.70. The van der Waals surface area contributed by atoms with Crippen molar-refractivity contribution >= 4 is 5.91 Å². The van der Waals surface area contributed by atoms with Crippen molar-refractivity contribution in [1.29, 1.82) is 5.26 Å². The molecule has 0 saturated heterocycles. The van der Waals surface area contributed by atoms with E-state index in [0.29, 0.717) is 5.56 Å². The fraction of sp³-hybridized carbons (Fsp3) is 0.385. The van der Waals surface area contributed by atoms with Crippen LogP contribution in [-0.2, 0) is 4.74 Å². The molecule has 1 aliphatic carbocycles. The van der Waals surface area contributed by atoms with Crippen LogP contribution in [0.5, 0.6) is 0 Å². The summed E-state index contributed by atoms with van der Waals surface area (Å²) in [5.41, 5.74) is 1.66. The number of hydrogen-bond donors (Lipinski definition) is 1. The van der Waals surface area contributed by atoms with Gasteiger partial charge in [0.1, 0.15) is 0 Å². The lowest BCUT2D eigenvalue weighted by Crippen LogP contribution is -2.64. The third kappa shape index (κ3) is 1.23. The monoisotopic (exact) mass is 228 g/mol. The van der Waals surface area contributed by atoms with Gasteiger partial charge < -0.3 is 10.1 Å². The Morgan fingerprint density at radius 3 is 2.88 bits per heavy atom. The minimum Gasteiger partial charge on any atom is -0.378 e. The summed E-state index contributed by atoms with van der Waals surface area (Å²) in [6.07, 6.45) is -0.192. The van der Waals surface area contributed by atoms with Gasteiger partial charge in [0.25, 0.3) is 5.91 Å². The minimum atomic E-state index is -0.192. The molecule has 1 fully saturated rings. The van der Waals surface area contributed by atoms with Crippen LogP contribution < -0.4 is 5.32 Å². The molecule has 1 amide bonds. The third-order valence-electron chi connectivity index (χ3n) is 3.77. The van der Waals surface area contributed by atoms with E-state index in [-0.39, 0.29) is 29.9 Å². The molecule has 0 unspecified atom stereocenters. The van der Waals surface area contributed by atoms with E-state index >= 15 is 0 Å². The van der Waals surface area contributed by atoms with E-state index in [1.807, 2.05) is 18.2 Å². The Labute approximate surface area is 99.2 Å². The van der Waals surface area contributed by atoms with Gasteiger partial charge in [-0.25, -0.2) is 0 Å². The molecule has 0 radical (unpaired) electrons. The van der Waals surface area contributed by atoms with Crippen molar-refractivity contribution in [3.05, 3.63) is 35.4 Å². The zero-order valence-corrected chi connectivity index (χ0v) is 9.38. The zero-order valence-electron chi connectivity index (χ0n) is 9.38. The molecule has 1 aliphatic heterocycles. The first kappa shape index (κ1) is 10.3. The molecule has 0 spiro atoms. The molecule has 86 valence electrons. The van der Waals surface area contributed by atoms with E-state index in [2.05, 4.69) is 11.4 Å². The fourth-order valence-corrected chi connectivity index (χ4v) is 2.94. The number of nitrogens with one attached hydrogen (secondary N) is 1. The maximum Gasteiger partial charge on any atom is 0.251 e. The second-order valence-electron chi connectivity index (χ2n) is 4.47. The molecule has 1 heterocycles. The standard InChI is InChI=1S/C13H12N2O2/c1-17-12-9(6-14)10-7-4-2-3-5-8(7)13(16)15-11(10)12/h2-5,9-12H,1H3,(H,15,16)/t9-,10-,11-,12+/m1/s1. The van der Waals surface area contributed by atoms with Crippen LogP contribution in [0.25, 0.3) is 0 Å². The Morgan fingerprint density at radius 2 is 2.18 bits per heavy atom. The number of carbonyl (C=O) groups is 1. The largest absolute Gasteiger partial charge is 0.378 e. The summed E-state index contributed by atoms with van der Waals surface area (Å²) < 4.78 is 5.29. The van der Waals surface area contributed by atoms with Crippen molar-refractivity contribution in [3.63, 3.8) is 0 Å². The van der Waals surface area contributed by atoms with E-state index < -0.39 is 0 Å². The van der Waals surface area contributed by atoms with Crippen LogP contribution in [0, 0.1) is 17.2 Å². The lowest BCUT2D eigenvalue weighted by Gasteiger charge is -2.50. The number of ether oxygens (including phenoxy) is 1. The molecule has 1 aromatic rings. The van der Waals surface area contributed by atoms with Crippen LogP contribution >= 0.6 is 0 Å². The molecule has 17 heavy (non-hydrogen) atoms. The van der Waals surface area contributed by atoms with Gasteiger partial charge in [0, 0.05) is 18.6 Å². The highest BCUT2D eigenvalue weighted by Gasteiger charge is 2.55. The summed E-state index contributed by atoms with van der Waals surface area (Å²) in [4.78, 5) is 11.9. The molecule has 2 aliphatic rings. The van der Waals surface area contributed by atoms with E-state index in [0.717, 1.165) is 5.56 Å². The third-order valence-corrected chi connectivity index (χ3v) is 3.77. The van der Waals surface area contributed by atoms with Crippen LogP contribution in [0.15, 0.2) is 24.3 Å². The predicted octanol–water partition coefficient (Wildman–Crippen LogP) is 1.05. The average molecular weight is 228 g/mol. The summed E-state index contributed by atoms with van der Waals surface area (Å²) >= 11 is 0. The number of fused-ring (bicyclic) bond motifs is 3. The molecule has 3 rings (SSSR count). The smallest absolute Gasteiger partial charge is 0.251 e. The van der Waals surface area contributed by atoms with Gasteiger partial charge in [-0.05, 0) is 11.6 Å². The molecule has 4 nitrogen and oxygen atoms in total. The molecule has 0 aromatic heterocycles. The first-order valence-electron chi connectivity index (χ1n) is 5.60. The molecule has 1 N–H and O–H groups in total. The number of rotatable bonds is 1. The van der Waals surface area contributed by atoms with Crippen molar-refractivity contribution in [2.75, 3.05) is 7.11 Å². The SMILES string of the molecule is CO[C@H]1[C@H](C#N)[C@H]2c3ccccc3C(=O)N[C@@H]12. The molecule has 1 saturated carbocycles. The number of carbonyl (C=O) groups excluding carboxylic acids is 1. The Kier molecular flexibility index (Phi) is 2.17. The van der Waals surface area contributed by atoms with Crippen LogP contribution in [0.1, 0.15) is 21.8 Å². The number of nitriles is 1. The molecule has 4 atom stereocenters. The van der Waals surface area contributed by atoms with Crippen LogP contribution in [0.4, 0.5) is 0 Å². The lowest BCUT2D eigenvalue weighted by molar-refractivity contribution is -0.0448. The highest BCUT2D eigenvalue weighted by atomic mass is 16.5. The van der Waals surface area contributed by atoms with Gasteiger partial charge in [-0.15, -0.1) is 0 Å². The van der Waals surface area contributed by atoms with Crippen LogP contribution in [-0.4, -0.2) is 25.2 Å². The fourth-order valence-electron chi connectivity index (χ4n) is 2.94. The average Bonchev–Trinajstić information content (AvgIpc) is 2.34.